The van der Waals surface area contributed by atoms with Crippen molar-refractivity contribution >= 4 is 10.1 Å². The quantitative estimate of drug-likeness (QED) is 0.691. The van der Waals surface area contributed by atoms with Crippen molar-refractivity contribution in [3.63, 3.8) is 0 Å². The topological polar surface area (TPSA) is 74.6 Å². The van der Waals surface area contributed by atoms with Gasteiger partial charge in [-0.15, -0.1) is 0 Å². The second kappa shape index (κ2) is 4.63. The lowest BCUT2D eigenvalue weighted by Gasteiger charge is -2.39. The van der Waals surface area contributed by atoms with Crippen molar-refractivity contribution < 1.29 is 18.1 Å². The van der Waals surface area contributed by atoms with E-state index in [0.717, 1.165) is 25.7 Å². The number of hydrogen-bond acceptors (Lipinski definition) is 3. The zero-order valence-electron chi connectivity index (χ0n) is 9.38. The van der Waals surface area contributed by atoms with E-state index in [4.69, 9.17) is 4.55 Å². The monoisotopic (exact) mass is 248 g/mol. The minimum Gasteiger partial charge on any atom is -0.393 e. The van der Waals surface area contributed by atoms with Crippen LogP contribution < -0.4 is 0 Å². The lowest BCUT2D eigenvalue weighted by Crippen LogP contribution is -2.42. The highest BCUT2D eigenvalue weighted by Gasteiger charge is 2.41. The molecule has 0 aromatic heterocycles. The van der Waals surface area contributed by atoms with E-state index in [-0.39, 0.29) is 17.9 Å². The maximum Gasteiger partial charge on any atom is 0.267 e. The van der Waals surface area contributed by atoms with Crippen molar-refractivity contribution in [3.05, 3.63) is 0 Å². The standard InChI is InChI=1S/C11H20O4S/c12-11-8-4-2-1-3-5-9(11)7-10(6-8)16(13,14)15/h8-12H,1-7H2,(H,13,14,15). The van der Waals surface area contributed by atoms with E-state index in [2.05, 4.69) is 0 Å². The third kappa shape index (κ3) is 2.57. The van der Waals surface area contributed by atoms with Crippen LogP contribution in [0, 0.1) is 11.8 Å². The van der Waals surface area contributed by atoms with Crippen LogP contribution >= 0.6 is 0 Å². The van der Waals surface area contributed by atoms with Crippen LogP contribution in [0.15, 0.2) is 0 Å². The maximum absolute atomic E-state index is 11.2. The summed E-state index contributed by atoms with van der Waals surface area (Å²) < 4.78 is 31.5. The van der Waals surface area contributed by atoms with Crippen molar-refractivity contribution in [2.75, 3.05) is 0 Å². The van der Waals surface area contributed by atoms with Crippen LogP contribution in [0.2, 0.25) is 0 Å². The van der Waals surface area contributed by atoms with Crippen LogP contribution in [0.4, 0.5) is 0 Å². The van der Waals surface area contributed by atoms with Crippen LogP contribution in [0.3, 0.4) is 0 Å². The van der Waals surface area contributed by atoms with Crippen molar-refractivity contribution in [1.29, 1.82) is 0 Å². The Bertz CT molecular complexity index is 322. The first-order chi connectivity index (χ1) is 7.48. The SMILES string of the molecule is O=S(=O)(O)C1CC2CCCCCC(C1)C2O. The molecule has 94 valence electrons. The molecule has 5 heteroatoms. The predicted octanol–water partition coefficient (Wildman–Crippen LogP) is 1.59. The Morgan fingerprint density at radius 2 is 1.44 bits per heavy atom. The highest BCUT2D eigenvalue weighted by molar-refractivity contribution is 7.86. The Balaban J connectivity index is 2.15. The van der Waals surface area contributed by atoms with Crippen molar-refractivity contribution in [3.8, 4) is 0 Å². The molecule has 2 fully saturated rings. The molecule has 0 amide bonds. The van der Waals surface area contributed by atoms with Crippen LogP contribution in [-0.2, 0) is 10.1 Å². The van der Waals surface area contributed by atoms with Gasteiger partial charge in [0.25, 0.3) is 10.1 Å². The average Bonchev–Trinajstić information content (AvgIpc) is 2.20. The zero-order chi connectivity index (χ0) is 11.8. The molecule has 2 unspecified atom stereocenters. The number of hydrogen-bond donors (Lipinski definition) is 2. The van der Waals surface area contributed by atoms with Crippen LogP contribution in [-0.4, -0.2) is 29.4 Å². The third-order valence-electron chi connectivity index (χ3n) is 4.17. The van der Waals surface area contributed by atoms with Gasteiger partial charge in [0.15, 0.2) is 0 Å². The molecule has 2 atom stereocenters. The second-order valence-corrected chi connectivity index (χ2v) is 6.95. The molecule has 0 heterocycles. The molecule has 0 aromatic carbocycles. The van der Waals surface area contributed by atoms with Crippen LogP contribution in [0.1, 0.15) is 44.9 Å². The van der Waals surface area contributed by atoms with E-state index >= 15 is 0 Å². The molecule has 2 aliphatic rings. The summed E-state index contributed by atoms with van der Waals surface area (Å²) in [4.78, 5) is 0. The lowest BCUT2D eigenvalue weighted by atomic mass is 9.72. The molecule has 0 saturated heterocycles. The minimum atomic E-state index is -3.93. The molecular weight excluding hydrogens is 228 g/mol. The van der Waals surface area contributed by atoms with Gasteiger partial charge in [-0.1, -0.05) is 19.3 Å². The molecule has 16 heavy (non-hydrogen) atoms. The largest absolute Gasteiger partial charge is 0.393 e. The summed E-state index contributed by atoms with van der Waals surface area (Å²) in [5.41, 5.74) is 0. The van der Waals surface area contributed by atoms with Gasteiger partial charge < -0.3 is 5.11 Å². The first kappa shape index (κ1) is 12.3. The fourth-order valence-corrected chi connectivity index (χ4v) is 4.23. The van der Waals surface area contributed by atoms with Crippen LogP contribution in [0.5, 0.6) is 0 Å². The molecule has 2 aliphatic carbocycles. The fourth-order valence-electron chi connectivity index (χ4n) is 3.25. The van der Waals surface area contributed by atoms with E-state index in [1.54, 1.807) is 0 Å². The highest BCUT2D eigenvalue weighted by Crippen LogP contribution is 2.39. The molecule has 2 bridgehead atoms. The van der Waals surface area contributed by atoms with Gasteiger partial charge in [-0.3, -0.25) is 4.55 Å². The van der Waals surface area contributed by atoms with E-state index in [9.17, 15) is 13.5 Å². The normalized spacial score (nSPS) is 41.1. The van der Waals surface area contributed by atoms with E-state index in [1.807, 2.05) is 0 Å². The fraction of sp³-hybridized carbons (Fsp3) is 1.00. The van der Waals surface area contributed by atoms with Gasteiger partial charge >= 0.3 is 0 Å². The summed E-state index contributed by atoms with van der Waals surface area (Å²) in [6, 6.07) is 0. The van der Waals surface area contributed by atoms with E-state index < -0.39 is 15.4 Å². The summed E-state index contributed by atoms with van der Waals surface area (Å²) in [6.07, 6.45) is 5.58. The molecule has 2 N–H and O–H groups in total. The molecule has 0 radical (unpaired) electrons. The molecular formula is C11H20O4S. The Kier molecular flexibility index (Phi) is 3.56. The van der Waals surface area contributed by atoms with Gasteiger partial charge in [0, 0.05) is 0 Å². The molecule has 2 saturated carbocycles. The summed E-state index contributed by atoms with van der Waals surface area (Å²) in [7, 11) is -3.93. The number of rotatable bonds is 1. The zero-order valence-corrected chi connectivity index (χ0v) is 10.2. The minimum absolute atomic E-state index is 0.0611. The van der Waals surface area contributed by atoms with Crippen molar-refractivity contribution in [2.24, 2.45) is 11.8 Å². The molecule has 0 spiro atoms. The Morgan fingerprint density at radius 3 is 1.88 bits per heavy atom. The summed E-state index contributed by atoms with van der Waals surface area (Å²) in [5, 5.41) is 9.45. The van der Waals surface area contributed by atoms with Gasteiger partial charge in [0.1, 0.15) is 0 Å². The number of aliphatic hydroxyl groups excluding tert-OH is 1. The average molecular weight is 248 g/mol. The summed E-state index contributed by atoms with van der Waals surface area (Å²) >= 11 is 0. The van der Waals surface area contributed by atoms with E-state index in [0.29, 0.717) is 12.8 Å². The molecule has 2 rings (SSSR count). The smallest absolute Gasteiger partial charge is 0.267 e. The summed E-state index contributed by atoms with van der Waals surface area (Å²) in [6.45, 7) is 0. The Morgan fingerprint density at radius 1 is 0.938 bits per heavy atom. The molecule has 4 nitrogen and oxygen atoms in total. The Labute approximate surface area is 96.8 Å². The predicted molar refractivity (Wildman–Crippen MR) is 60.6 cm³/mol. The highest BCUT2D eigenvalue weighted by atomic mass is 32.2. The maximum atomic E-state index is 11.2. The van der Waals surface area contributed by atoms with Gasteiger partial charge in [-0.05, 0) is 37.5 Å². The lowest BCUT2D eigenvalue weighted by molar-refractivity contribution is 0.00323. The Hall–Kier alpha value is -0.130. The second-order valence-electron chi connectivity index (χ2n) is 5.26. The van der Waals surface area contributed by atoms with Gasteiger partial charge in [0.2, 0.25) is 0 Å². The molecule has 0 aromatic rings. The first-order valence-corrected chi connectivity index (χ1v) is 7.63. The summed E-state index contributed by atoms with van der Waals surface area (Å²) in [5.74, 6) is 0.122. The number of fused-ring (bicyclic) bond motifs is 2. The van der Waals surface area contributed by atoms with Gasteiger partial charge in [0.05, 0.1) is 11.4 Å². The molecule has 0 aliphatic heterocycles. The van der Waals surface area contributed by atoms with Crippen molar-refractivity contribution in [1.82, 2.24) is 0 Å². The first-order valence-electron chi connectivity index (χ1n) is 6.13. The van der Waals surface area contributed by atoms with Gasteiger partial charge in [-0.2, -0.15) is 8.42 Å². The van der Waals surface area contributed by atoms with Crippen LogP contribution in [0.25, 0.3) is 0 Å². The van der Waals surface area contributed by atoms with Gasteiger partial charge in [-0.25, -0.2) is 0 Å². The van der Waals surface area contributed by atoms with Crippen molar-refractivity contribution in [2.45, 2.75) is 56.3 Å². The van der Waals surface area contributed by atoms with E-state index in [1.165, 1.54) is 6.42 Å². The third-order valence-corrected chi connectivity index (χ3v) is 5.40. The number of aliphatic hydroxyl groups is 1.